The van der Waals surface area contributed by atoms with Crippen LogP contribution in [0.5, 0.6) is 0 Å². The van der Waals surface area contributed by atoms with Gasteiger partial charge in [-0.1, -0.05) is 12.8 Å². The molecule has 1 amide bonds. The van der Waals surface area contributed by atoms with E-state index >= 15 is 0 Å². The molecule has 0 radical (unpaired) electrons. The number of amides is 1. The normalized spacial score (nSPS) is 31.7. The summed E-state index contributed by atoms with van der Waals surface area (Å²) in [5, 5.41) is 12.9. The maximum atomic E-state index is 12.5. The molecule has 1 saturated carbocycles. The van der Waals surface area contributed by atoms with Crippen LogP contribution in [0.15, 0.2) is 0 Å². The highest BCUT2D eigenvalue weighted by atomic mass is 16.3. The number of aliphatic hydroxyl groups excluding tert-OH is 1. The molecule has 2 rings (SSSR count). The lowest BCUT2D eigenvalue weighted by Crippen LogP contribution is -2.59. The number of hydrogen-bond donors (Lipinski definition) is 2. The van der Waals surface area contributed by atoms with Gasteiger partial charge < -0.3 is 15.3 Å². The van der Waals surface area contributed by atoms with Crippen molar-refractivity contribution in [3.8, 4) is 0 Å². The second-order valence-electron chi connectivity index (χ2n) is 6.82. The van der Waals surface area contributed by atoms with Crippen molar-refractivity contribution in [2.24, 2.45) is 5.92 Å². The summed E-state index contributed by atoms with van der Waals surface area (Å²) in [5.74, 6) is 0.900. The van der Waals surface area contributed by atoms with Crippen molar-refractivity contribution in [3.05, 3.63) is 0 Å². The number of aliphatic hydroxyl groups is 1. The first-order valence-electron chi connectivity index (χ1n) is 7.60. The number of likely N-dealkylation sites (N-methyl/N-ethyl adjacent to an activating group) is 1. The van der Waals surface area contributed by atoms with E-state index in [0.717, 1.165) is 12.3 Å². The smallest absolute Gasteiger partial charge is 0.239 e. The third-order valence-electron chi connectivity index (χ3n) is 5.07. The maximum Gasteiger partial charge on any atom is 0.239 e. The van der Waals surface area contributed by atoms with Crippen LogP contribution in [0.25, 0.3) is 0 Å². The molecule has 1 saturated heterocycles. The minimum Gasteiger partial charge on any atom is -0.394 e. The molecule has 1 heterocycles. The van der Waals surface area contributed by atoms with E-state index in [4.69, 9.17) is 0 Å². The monoisotopic (exact) mass is 268 g/mol. The van der Waals surface area contributed by atoms with E-state index in [2.05, 4.69) is 5.32 Å². The number of carbonyl (C=O) groups excluding carboxylic acids is 1. The van der Waals surface area contributed by atoms with Gasteiger partial charge in [0.2, 0.25) is 5.91 Å². The largest absolute Gasteiger partial charge is 0.394 e. The molecular formula is C15H28N2O2. The third kappa shape index (κ3) is 3.11. The van der Waals surface area contributed by atoms with E-state index < -0.39 is 5.54 Å². The Morgan fingerprint density at radius 2 is 1.95 bits per heavy atom. The second kappa shape index (κ2) is 5.80. The topological polar surface area (TPSA) is 52.6 Å². The molecule has 110 valence electrons. The van der Waals surface area contributed by atoms with Crippen molar-refractivity contribution in [2.45, 2.75) is 70.0 Å². The highest BCUT2D eigenvalue weighted by molar-refractivity contribution is 5.82. The Morgan fingerprint density at radius 1 is 1.26 bits per heavy atom. The molecule has 0 bridgehead atoms. The zero-order valence-corrected chi connectivity index (χ0v) is 12.5. The number of fused-ring (bicyclic) bond motifs is 1. The molecule has 0 aromatic heterocycles. The fourth-order valence-electron chi connectivity index (χ4n) is 3.33. The van der Waals surface area contributed by atoms with Gasteiger partial charge in [-0.15, -0.1) is 0 Å². The lowest BCUT2D eigenvalue weighted by atomic mass is 9.77. The van der Waals surface area contributed by atoms with Crippen LogP contribution in [0.3, 0.4) is 0 Å². The molecule has 2 N–H and O–H groups in total. The first-order valence-corrected chi connectivity index (χ1v) is 7.60. The summed E-state index contributed by atoms with van der Waals surface area (Å²) in [6, 6.07) is 0.470. The number of nitrogens with zero attached hydrogens (tertiary/aromatic N) is 1. The molecular weight excluding hydrogens is 240 g/mol. The Kier molecular flexibility index (Phi) is 4.51. The molecule has 1 aliphatic heterocycles. The van der Waals surface area contributed by atoms with Crippen molar-refractivity contribution in [1.29, 1.82) is 0 Å². The Balaban J connectivity index is 1.97. The number of hydrogen-bond acceptors (Lipinski definition) is 3. The second-order valence-corrected chi connectivity index (χ2v) is 6.82. The van der Waals surface area contributed by atoms with E-state index in [-0.39, 0.29) is 18.6 Å². The van der Waals surface area contributed by atoms with Crippen LogP contribution in [-0.4, -0.2) is 47.2 Å². The average Bonchev–Trinajstić information content (AvgIpc) is 2.45. The zero-order valence-electron chi connectivity index (χ0n) is 12.5. The SMILES string of the molecule is CN(C(=O)C1CCC2CCCCC2N1)C(C)(C)CO. The van der Waals surface area contributed by atoms with Crippen LogP contribution in [0, 0.1) is 5.92 Å². The van der Waals surface area contributed by atoms with Crippen molar-refractivity contribution < 1.29 is 9.90 Å². The van der Waals surface area contributed by atoms with Crippen molar-refractivity contribution in [1.82, 2.24) is 10.2 Å². The van der Waals surface area contributed by atoms with Gasteiger partial charge in [-0.25, -0.2) is 0 Å². The number of nitrogens with one attached hydrogen (secondary N) is 1. The summed E-state index contributed by atoms with van der Waals surface area (Å²) in [7, 11) is 1.80. The van der Waals surface area contributed by atoms with Crippen molar-refractivity contribution in [2.75, 3.05) is 13.7 Å². The van der Waals surface area contributed by atoms with Crippen LogP contribution in [0.2, 0.25) is 0 Å². The maximum absolute atomic E-state index is 12.5. The standard InChI is InChI=1S/C15H28N2O2/c1-15(2,10-18)17(3)14(19)13-9-8-11-6-4-5-7-12(11)16-13/h11-13,16,18H,4-10H2,1-3H3. The minimum absolute atomic E-state index is 0.00594. The molecule has 4 nitrogen and oxygen atoms in total. The van der Waals surface area contributed by atoms with Crippen LogP contribution in [-0.2, 0) is 4.79 Å². The van der Waals surface area contributed by atoms with E-state index in [9.17, 15) is 9.90 Å². The highest BCUT2D eigenvalue weighted by Gasteiger charge is 2.38. The van der Waals surface area contributed by atoms with E-state index in [1.54, 1.807) is 11.9 Å². The van der Waals surface area contributed by atoms with Crippen LogP contribution in [0.1, 0.15) is 52.4 Å². The van der Waals surface area contributed by atoms with Crippen molar-refractivity contribution >= 4 is 5.91 Å². The summed E-state index contributed by atoms with van der Waals surface area (Å²) in [4.78, 5) is 14.2. The van der Waals surface area contributed by atoms with Gasteiger partial charge in [0.1, 0.15) is 0 Å². The summed E-state index contributed by atoms with van der Waals surface area (Å²) in [6.45, 7) is 3.79. The first-order chi connectivity index (χ1) is 8.95. The molecule has 4 heteroatoms. The fourth-order valence-corrected chi connectivity index (χ4v) is 3.33. The molecule has 0 aromatic rings. The van der Waals surface area contributed by atoms with Gasteiger partial charge >= 0.3 is 0 Å². The average molecular weight is 268 g/mol. The number of carbonyl (C=O) groups is 1. The molecule has 2 aliphatic rings. The zero-order chi connectivity index (χ0) is 14.0. The van der Waals surface area contributed by atoms with Crippen LogP contribution in [0.4, 0.5) is 0 Å². The Labute approximate surface area is 116 Å². The fraction of sp³-hybridized carbons (Fsp3) is 0.933. The molecule has 0 aromatic carbocycles. The van der Waals surface area contributed by atoms with Gasteiger partial charge in [0, 0.05) is 13.1 Å². The van der Waals surface area contributed by atoms with Crippen LogP contribution >= 0.6 is 0 Å². The molecule has 3 unspecified atom stereocenters. The summed E-state index contributed by atoms with van der Waals surface area (Å²) >= 11 is 0. The summed E-state index contributed by atoms with van der Waals surface area (Å²) in [6.07, 6.45) is 7.26. The quantitative estimate of drug-likeness (QED) is 0.816. The Morgan fingerprint density at radius 3 is 2.63 bits per heavy atom. The Hall–Kier alpha value is -0.610. The van der Waals surface area contributed by atoms with Gasteiger partial charge in [-0.3, -0.25) is 4.79 Å². The Bertz CT molecular complexity index is 330. The summed E-state index contributed by atoms with van der Waals surface area (Å²) in [5.41, 5.74) is -0.484. The first kappa shape index (κ1) is 14.8. The van der Waals surface area contributed by atoms with E-state index in [0.29, 0.717) is 6.04 Å². The van der Waals surface area contributed by atoms with Gasteiger partial charge in [-0.05, 0) is 45.4 Å². The van der Waals surface area contributed by atoms with Gasteiger partial charge in [0.15, 0.2) is 0 Å². The lowest BCUT2D eigenvalue weighted by Gasteiger charge is -2.43. The summed E-state index contributed by atoms with van der Waals surface area (Å²) < 4.78 is 0. The van der Waals surface area contributed by atoms with Crippen molar-refractivity contribution in [3.63, 3.8) is 0 Å². The van der Waals surface area contributed by atoms with Gasteiger partial charge in [0.05, 0.1) is 18.2 Å². The number of rotatable bonds is 3. The van der Waals surface area contributed by atoms with Gasteiger partial charge in [0.25, 0.3) is 0 Å². The minimum atomic E-state index is -0.484. The molecule has 3 atom stereocenters. The van der Waals surface area contributed by atoms with Gasteiger partial charge in [-0.2, -0.15) is 0 Å². The molecule has 19 heavy (non-hydrogen) atoms. The van der Waals surface area contributed by atoms with E-state index in [1.165, 1.54) is 32.1 Å². The highest BCUT2D eigenvalue weighted by Crippen LogP contribution is 2.32. The van der Waals surface area contributed by atoms with E-state index in [1.807, 2.05) is 13.8 Å². The molecule has 1 aliphatic carbocycles. The molecule has 0 spiro atoms. The van der Waals surface area contributed by atoms with Crippen LogP contribution < -0.4 is 5.32 Å². The lowest BCUT2D eigenvalue weighted by molar-refractivity contribution is -0.139. The number of piperidine rings is 1. The third-order valence-corrected chi connectivity index (χ3v) is 5.07. The molecule has 2 fully saturated rings. The predicted molar refractivity (Wildman–Crippen MR) is 75.8 cm³/mol. The predicted octanol–water partition coefficient (Wildman–Crippen LogP) is 1.53.